The lowest BCUT2D eigenvalue weighted by Crippen LogP contribution is -2.39. The number of aliphatic imine (C=N–C) groups is 1. The van der Waals surface area contributed by atoms with E-state index in [-0.39, 0.29) is 5.82 Å². The van der Waals surface area contributed by atoms with Gasteiger partial charge in [0.1, 0.15) is 18.2 Å². The molecule has 1 heterocycles. The van der Waals surface area contributed by atoms with Crippen LogP contribution < -0.4 is 15.4 Å². The predicted molar refractivity (Wildman–Crippen MR) is 108 cm³/mol. The summed E-state index contributed by atoms with van der Waals surface area (Å²) in [5.41, 5.74) is 1.26. The molecule has 3 rings (SSSR count). The van der Waals surface area contributed by atoms with Crippen LogP contribution in [0, 0.1) is 5.82 Å². The number of halogens is 1. The number of hydrogen-bond donors (Lipinski definition) is 2. The van der Waals surface area contributed by atoms with E-state index in [1.54, 1.807) is 29.4 Å². The molecular formula is C21H24FN5O. The fraction of sp³-hybridized carbons (Fsp3) is 0.238. The van der Waals surface area contributed by atoms with Gasteiger partial charge < -0.3 is 19.9 Å². The van der Waals surface area contributed by atoms with Gasteiger partial charge in [-0.25, -0.2) is 14.4 Å². The zero-order valence-corrected chi connectivity index (χ0v) is 15.8. The number of aromatic nitrogens is 2. The molecule has 0 spiro atoms. The maximum Gasteiger partial charge on any atom is 0.191 e. The van der Waals surface area contributed by atoms with E-state index >= 15 is 0 Å². The normalized spacial score (nSPS) is 11.3. The highest BCUT2D eigenvalue weighted by atomic mass is 19.1. The van der Waals surface area contributed by atoms with Crippen molar-refractivity contribution >= 4 is 5.96 Å². The van der Waals surface area contributed by atoms with Gasteiger partial charge in [-0.15, -0.1) is 0 Å². The van der Waals surface area contributed by atoms with E-state index in [1.165, 1.54) is 6.07 Å². The number of nitrogens with zero attached hydrogens (tertiary/aromatic N) is 3. The Morgan fingerprint density at radius 3 is 2.75 bits per heavy atom. The molecule has 0 aliphatic rings. The number of guanidine groups is 1. The molecule has 0 saturated heterocycles. The fourth-order valence-electron chi connectivity index (χ4n) is 2.63. The molecule has 6 nitrogen and oxygen atoms in total. The van der Waals surface area contributed by atoms with Crippen LogP contribution in [0.4, 0.5) is 4.39 Å². The minimum atomic E-state index is -0.306. The Balaban J connectivity index is 1.54. The Morgan fingerprint density at radius 2 is 2.04 bits per heavy atom. The lowest BCUT2D eigenvalue weighted by Gasteiger charge is -2.12. The van der Waals surface area contributed by atoms with Crippen molar-refractivity contribution in [3.05, 3.63) is 78.6 Å². The number of benzene rings is 2. The minimum Gasteiger partial charge on any atom is -0.492 e. The van der Waals surface area contributed by atoms with E-state index in [0.29, 0.717) is 31.3 Å². The maximum atomic E-state index is 14.4. The minimum absolute atomic E-state index is 0.306. The number of nitrogens with one attached hydrogen (secondary N) is 2. The van der Waals surface area contributed by atoms with Crippen LogP contribution in [0.25, 0.3) is 5.69 Å². The second kappa shape index (κ2) is 10.1. The molecule has 0 radical (unpaired) electrons. The van der Waals surface area contributed by atoms with Crippen LogP contribution in [-0.4, -0.2) is 35.2 Å². The quantitative estimate of drug-likeness (QED) is 0.357. The smallest absolute Gasteiger partial charge is 0.191 e. The number of rotatable bonds is 8. The van der Waals surface area contributed by atoms with Crippen molar-refractivity contribution in [2.75, 3.05) is 19.7 Å². The third-order valence-electron chi connectivity index (χ3n) is 3.97. The zero-order valence-electron chi connectivity index (χ0n) is 15.8. The molecule has 0 aliphatic carbocycles. The first kappa shape index (κ1) is 19.4. The van der Waals surface area contributed by atoms with Crippen molar-refractivity contribution in [3.63, 3.8) is 0 Å². The third-order valence-corrected chi connectivity index (χ3v) is 3.97. The Morgan fingerprint density at radius 1 is 1.18 bits per heavy atom. The van der Waals surface area contributed by atoms with Crippen LogP contribution in [0.5, 0.6) is 5.75 Å². The molecule has 2 N–H and O–H groups in total. The Kier molecular flexibility index (Phi) is 7.01. The molecule has 7 heteroatoms. The second-order valence-corrected chi connectivity index (χ2v) is 6.04. The van der Waals surface area contributed by atoms with Gasteiger partial charge >= 0.3 is 0 Å². The highest BCUT2D eigenvalue weighted by Gasteiger charge is 2.05. The lowest BCUT2D eigenvalue weighted by atomic mass is 10.2. The molecule has 3 aromatic rings. The van der Waals surface area contributed by atoms with E-state index in [9.17, 15) is 4.39 Å². The Labute approximate surface area is 164 Å². The second-order valence-electron chi connectivity index (χ2n) is 6.04. The van der Waals surface area contributed by atoms with Gasteiger partial charge in [0.25, 0.3) is 0 Å². The van der Waals surface area contributed by atoms with Crippen molar-refractivity contribution < 1.29 is 9.13 Å². The summed E-state index contributed by atoms with van der Waals surface area (Å²) in [6, 6.07) is 14.8. The van der Waals surface area contributed by atoms with Crippen LogP contribution in [0.3, 0.4) is 0 Å². The molecule has 0 bridgehead atoms. The highest BCUT2D eigenvalue weighted by Crippen LogP contribution is 2.15. The molecule has 0 unspecified atom stereocenters. The molecule has 146 valence electrons. The molecule has 0 atom stereocenters. The largest absolute Gasteiger partial charge is 0.492 e. The van der Waals surface area contributed by atoms with E-state index in [4.69, 9.17) is 4.74 Å². The molecule has 28 heavy (non-hydrogen) atoms. The first-order valence-corrected chi connectivity index (χ1v) is 9.23. The monoisotopic (exact) mass is 381 g/mol. The summed E-state index contributed by atoms with van der Waals surface area (Å²) in [5, 5.41) is 6.39. The summed E-state index contributed by atoms with van der Waals surface area (Å²) in [4.78, 5) is 8.46. The van der Waals surface area contributed by atoms with E-state index < -0.39 is 0 Å². The van der Waals surface area contributed by atoms with Crippen molar-refractivity contribution in [2.45, 2.75) is 13.5 Å². The van der Waals surface area contributed by atoms with Gasteiger partial charge in [0.15, 0.2) is 5.96 Å². The van der Waals surface area contributed by atoms with Crippen molar-refractivity contribution in [1.82, 2.24) is 20.2 Å². The Hall–Kier alpha value is -3.35. The van der Waals surface area contributed by atoms with Gasteiger partial charge in [-0.2, -0.15) is 0 Å². The summed E-state index contributed by atoms with van der Waals surface area (Å²) in [7, 11) is 0. The summed E-state index contributed by atoms with van der Waals surface area (Å²) >= 11 is 0. The van der Waals surface area contributed by atoms with Crippen LogP contribution in [0.2, 0.25) is 0 Å². The fourth-order valence-corrected chi connectivity index (χ4v) is 2.63. The molecular weight excluding hydrogens is 357 g/mol. The first-order chi connectivity index (χ1) is 13.8. The van der Waals surface area contributed by atoms with Gasteiger partial charge in [-0.05, 0) is 36.8 Å². The first-order valence-electron chi connectivity index (χ1n) is 9.23. The molecule has 1 aromatic heterocycles. The number of para-hydroxylation sites is 1. The number of imidazole rings is 1. The van der Waals surface area contributed by atoms with Crippen LogP contribution in [-0.2, 0) is 6.54 Å². The van der Waals surface area contributed by atoms with Gasteiger partial charge in [0.2, 0.25) is 0 Å². The average molecular weight is 381 g/mol. The SMILES string of the molecule is CCNC(=NCc1ccc(-n2ccnc2)c(F)c1)NCCOc1ccccc1. The summed E-state index contributed by atoms with van der Waals surface area (Å²) in [6.07, 6.45) is 4.90. The van der Waals surface area contributed by atoms with Crippen molar-refractivity contribution in [2.24, 2.45) is 4.99 Å². The predicted octanol–water partition coefficient (Wildman–Crippen LogP) is 3.15. The topological polar surface area (TPSA) is 63.5 Å². The molecule has 0 aliphatic heterocycles. The van der Waals surface area contributed by atoms with Crippen LogP contribution in [0.15, 0.2) is 72.2 Å². The van der Waals surface area contributed by atoms with Gasteiger partial charge in [0.05, 0.1) is 25.1 Å². The van der Waals surface area contributed by atoms with E-state index in [2.05, 4.69) is 20.6 Å². The summed E-state index contributed by atoms with van der Waals surface area (Å²) in [5.74, 6) is 1.19. The number of hydrogen-bond acceptors (Lipinski definition) is 3. The average Bonchev–Trinajstić information content (AvgIpc) is 3.24. The molecule has 0 saturated carbocycles. The maximum absolute atomic E-state index is 14.4. The zero-order chi connectivity index (χ0) is 19.6. The van der Waals surface area contributed by atoms with Crippen molar-refractivity contribution in [1.29, 1.82) is 0 Å². The van der Waals surface area contributed by atoms with Gasteiger partial charge in [0, 0.05) is 18.9 Å². The molecule has 2 aromatic carbocycles. The molecule has 0 fully saturated rings. The van der Waals surface area contributed by atoms with Gasteiger partial charge in [-0.1, -0.05) is 24.3 Å². The third kappa shape index (κ3) is 5.57. The highest BCUT2D eigenvalue weighted by molar-refractivity contribution is 5.79. The summed E-state index contributed by atoms with van der Waals surface area (Å²) < 4.78 is 21.6. The summed E-state index contributed by atoms with van der Waals surface area (Å²) in [6.45, 7) is 4.23. The van der Waals surface area contributed by atoms with Crippen LogP contribution >= 0.6 is 0 Å². The van der Waals surface area contributed by atoms with Crippen LogP contribution in [0.1, 0.15) is 12.5 Å². The van der Waals surface area contributed by atoms with Crippen molar-refractivity contribution in [3.8, 4) is 11.4 Å². The molecule has 0 amide bonds. The lowest BCUT2D eigenvalue weighted by molar-refractivity contribution is 0.322. The number of ether oxygens (including phenoxy) is 1. The van der Waals surface area contributed by atoms with E-state index in [0.717, 1.165) is 17.9 Å². The van der Waals surface area contributed by atoms with E-state index in [1.807, 2.05) is 43.3 Å². The Bertz CT molecular complexity index is 881. The van der Waals surface area contributed by atoms with Gasteiger partial charge in [-0.3, -0.25) is 0 Å². The standard InChI is InChI=1S/C21H24FN5O/c1-2-24-21(25-11-13-28-18-6-4-3-5-7-18)26-15-17-8-9-20(19(22)14-17)27-12-10-23-16-27/h3-10,12,14,16H,2,11,13,15H2,1H3,(H2,24,25,26).